The van der Waals surface area contributed by atoms with Crippen molar-refractivity contribution >= 4 is 17.3 Å². The molecule has 1 amide bonds. The van der Waals surface area contributed by atoms with Crippen LogP contribution in [-0.2, 0) is 11.3 Å². The zero-order valence-corrected chi connectivity index (χ0v) is 17.2. The van der Waals surface area contributed by atoms with Crippen LogP contribution in [0.25, 0.3) is 11.3 Å². The number of non-ortho nitro benzene ring substituents is 1. The molecule has 0 atom stereocenters. The lowest BCUT2D eigenvalue weighted by Crippen LogP contribution is -2.23. The summed E-state index contributed by atoms with van der Waals surface area (Å²) in [7, 11) is 1.58. The number of rotatable bonds is 8. The van der Waals surface area contributed by atoms with Crippen molar-refractivity contribution in [1.29, 1.82) is 0 Å². The lowest BCUT2D eigenvalue weighted by molar-refractivity contribution is -0.384. The topological polar surface area (TPSA) is 116 Å². The van der Waals surface area contributed by atoms with E-state index < -0.39 is 4.92 Å². The second-order valence-corrected chi connectivity index (χ2v) is 6.92. The summed E-state index contributed by atoms with van der Waals surface area (Å²) in [4.78, 5) is 34.7. The summed E-state index contributed by atoms with van der Waals surface area (Å²) in [6.45, 7) is 1.97. The predicted octanol–water partition coefficient (Wildman–Crippen LogP) is 3.55. The highest BCUT2D eigenvalue weighted by Gasteiger charge is 2.11. The average molecular weight is 422 g/mol. The zero-order valence-electron chi connectivity index (χ0n) is 17.2. The number of methoxy groups -OCH3 is 1. The minimum absolute atomic E-state index is 0.0307. The van der Waals surface area contributed by atoms with Gasteiger partial charge in [-0.1, -0.05) is 12.1 Å². The number of nitro groups is 1. The number of nitrogens with zero attached hydrogens (tertiary/aromatic N) is 3. The van der Waals surface area contributed by atoms with Crippen LogP contribution in [0.2, 0.25) is 0 Å². The third-order valence-corrected chi connectivity index (χ3v) is 4.70. The van der Waals surface area contributed by atoms with Gasteiger partial charge in [-0.3, -0.25) is 19.7 Å². The second kappa shape index (κ2) is 9.66. The highest BCUT2D eigenvalue weighted by atomic mass is 16.6. The van der Waals surface area contributed by atoms with Crippen LogP contribution in [0.3, 0.4) is 0 Å². The van der Waals surface area contributed by atoms with Gasteiger partial charge in [-0.25, -0.2) is 4.68 Å². The van der Waals surface area contributed by atoms with Crippen LogP contribution in [0.5, 0.6) is 5.75 Å². The van der Waals surface area contributed by atoms with Crippen LogP contribution in [0.1, 0.15) is 18.4 Å². The molecule has 1 N–H and O–H groups in total. The predicted molar refractivity (Wildman–Crippen MR) is 116 cm³/mol. The molecule has 0 fully saturated rings. The fourth-order valence-corrected chi connectivity index (χ4v) is 3.05. The lowest BCUT2D eigenvalue weighted by Gasteiger charge is -2.10. The van der Waals surface area contributed by atoms with Crippen LogP contribution in [0.15, 0.2) is 59.4 Å². The molecule has 31 heavy (non-hydrogen) atoms. The van der Waals surface area contributed by atoms with Crippen molar-refractivity contribution in [3.8, 4) is 17.0 Å². The Hall–Kier alpha value is -4.01. The first kappa shape index (κ1) is 21.7. The van der Waals surface area contributed by atoms with E-state index in [4.69, 9.17) is 4.74 Å². The monoisotopic (exact) mass is 422 g/mol. The van der Waals surface area contributed by atoms with Gasteiger partial charge in [-0.15, -0.1) is 0 Å². The third-order valence-electron chi connectivity index (χ3n) is 4.70. The molecule has 1 heterocycles. The maximum Gasteiger partial charge on any atom is 0.269 e. The maximum absolute atomic E-state index is 12.3. The van der Waals surface area contributed by atoms with Gasteiger partial charge >= 0.3 is 0 Å². The minimum atomic E-state index is -0.483. The van der Waals surface area contributed by atoms with Crippen molar-refractivity contribution in [2.75, 3.05) is 12.4 Å². The van der Waals surface area contributed by atoms with Gasteiger partial charge < -0.3 is 10.1 Å². The van der Waals surface area contributed by atoms with E-state index in [1.54, 1.807) is 20.1 Å². The van der Waals surface area contributed by atoms with Gasteiger partial charge in [0, 0.05) is 42.4 Å². The van der Waals surface area contributed by atoms with E-state index in [0.717, 1.165) is 5.56 Å². The number of amides is 1. The van der Waals surface area contributed by atoms with E-state index >= 15 is 0 Å². The van der Waals surface area contributed by atoms with Crippen LogP contribution in [-0.4, -0.2) is 27.7 Å². The quantitative estimate of drug-likeness (QED) is 0.438. The van der Waals surface area contributed by atoms with Gasteiger partial charge in [0.25, 0.3) is 11.2 Å². The molecule has 0 bridgehead atoms. The number of carbonyl (C=O) groups is 1. The first-order valence-corrected chi connectivity index (χ1v) is 9.65. The summed E-state index contributed by atoms with van der Waals surface area (Å²) >= 11 is 0. The lowest BCUT2D eigenvalue weighted by atomic mass is 10.1. The van der Waals surface area contributed by atoms with Crippen molar-refractivity contribution in [1.82, 2.24) is 9.78 Å². The second-order valence-electron chi connectivity index (χ2n) is 6.92. The van der Waals surface area contributed by atoms with Gasteiger partial charge in [0.05, 0.1) is 17.7 Å². The molecule has 0 spiro atoms. The molecule has 0 aliphatic carbocycles. The van der Waals surface area contributed by atoms with Gasteiger partial charge in [0.1, 0.15) is 5.75 Å². The summed E-state index contributed by atoms with van der Waals surface area (Å²) in [5.74, 6) is 0.448. The highest BCUT2D eigenvalue weighted by molar-refractivity contribution is 5.91. The summed E-state index contributed by atoms with van der Waals surface area (Å²) in [6.07, 6.45) is 0.584. The molecule has 9 nitrogen and oxygen atoms in total. The summed E-state index contributed by atoms with van der Waals surface area (Å²) in [5, 5.41) is 18.0. The number of nitrogens with one attached hydrogen (secondary N) is 1. The molecule has 1 aromatic heterocycles. The Kier molecular flexibility index (Phi) is 6.76. The number of nitro benzene ring substituents is 1. The Labute approximate surface area is 178 Å². The fraction of sp³-hybridized carbons (Fsp3) is 0.227. The van der Waals surface area contributed by atoms with Gasteiger partial charge in [0.2, 0.25) is 5.91 Å². The number of benzene rings is 2. The van der Waals surface area contributed by atoms with Crippen LogP contribution < -0.4 is 15.6 Å². The van der Waals surface area contributed by atoms with Gasteiger partial charge in [-0.2, -0.15) is 5.10 Å². The summed E-state index contributed by atoms with van der Waals surface area (Å²) in [5.41, 5.74) is 2.29. The molecule has 2 aromatic carbocycles. The molecule has 0 unspecified atom stereocenters. The smallest absolute Gasteiger partial charge is 0.269 e. The van der Waals surface area contributed by atoms with Gasteiger partial charge in [0.15, 0.2) is 0 Å². The van der Waals surface area contributed by atoms with E-state index in [1.165, 1.54) is 28.9 Å². The number of aryl methyl sites for hydroxylation is 2. The standard InChI is InChI=1S/C22H22N4O5/c1-15-13-17(26(29)30)8-9-19(15)23-21(27)7-4-12-25-22(28)11-10-20(24-25)16-5-3-6-18(14-16)31-2/h3,5-6,8-11,13-14H,4,7,12H2,1-2H3,(H,23,27). The highest BCUT2D eigenvalue weighted by Crippen LogP contribution is 2.22. The Morgan fingerprint density at radius 1 is 1.19 bits per heavy atom. The van der Waals surface area contributed by atoms with E-state index in [2.05, 4.69) is 10.4 Å². The Bertz CT molecular complexity index is 1170. The number of ether oxygens (including phenoxy) is 1. The number of anilines is 1. The molecule has 0 saturated carbocycles. The zero-order chi connectivity index (χ0) is 22.4. The molecule has 0 aliphatic rings. The van der Waals surface area contributed by atoms with Crippen molar-refractivity contribution < 1.29 is 14.5 Å². The molecular weight excluding hydrogens is 400 g/mol. The molecule has 3 rings (SSSR count). The number of carbonyl (C=O) groups excluding carboxylic acids is 1. The van der Waals surface area contributed by atoms with E-state index in [9.17, 15) is 19.7 Å². The van der Waals surface area contributed by atoms with E-state index in [-0.39, 0.29) is 30.1 Å². The number of hydrogen-bond acceptors (Lipinski definition) is 6. The molecular formula is C22H22N4O5. The van der Waals surface area contributed by atoms with Crippen LogP contribution >= 0.6 is 0 Å². The number of aromatic nitrogens is 2. The molecule has 3 aromatic rings. The number of hydrogen-bond donors (Lipinski definition) is 1. The van der Waals surface area contributed by atoms with Crippen molar-refractivity contribution in [2.24, 2.45) is 0 Å². The molecule has 0 radical (unpaired) electrons. The first-order valence-electron chi connectivity index (χ1n) is 9.65. The average Bonchev–Trinajstić information content (AvgIpc) is 2.76. The molecule has 160 valence electrons. The summed E-state index contributed by atoms with van der Waals surface area (Å²) in [6, 6.07) is 14.7. The van der Waals surface area contributed by atoms with E-state index in [0.29, 0.717) is 29.1 Å². The Morgan fingerprint density at radius 3 is 2.71 bits per heavy atom. The van der Waals surface area contributed by atoms with Crippen LogP contribution in [0, 0.1) is 17.0 Å². The van der Waals surface area contributed by atoms with E-state index in [1.807, 2.05) is 24.3 Å². The van der Waals surface area contributed by atoms with Crippen LogP contribution in [0.4, 0.5) is 11.4 Å². The first-order chi connectivity index (χ1) is 14.9. The minimum Gasteiger partial charge on any atom is -0.497 e. The van der Waals surface area contributed by atoms with Crippen molar-refractivity contribution in [3.63, 3.8) is 0 Å². The molecule has 0 saturated heterocycles. The fourth-order valence-electron chi connectivity index (χ4n) is 3.05. The SMILES string of the molecule is COc1cccc(-c2ccc(=O)n(CCCC(=O)Nc3ccc([N+](=O)[O-])cc3C)n2)c1. The Morgan fingerprint density at radius 2 is 2.00 bits per heavy atom. The maximum atomic E-state index is 12.3. The molecule has 9 heteroatoms. The van der Waals surface area contributed by atoms with Crippen molar-refractivity contribution in [3.05, 3.63) is 80.6 Å². The largest absolute Gasteiger partial charge is 0.497 e. The van der Waals surface area contributed by atoms with Crippen molar-refractivity contribution in [2.45, 2.75) is 26.3 Å². The third kappa shape index (κ3) is 5.53. The van der Waals surface area contributed by atoms with Gasteiger partial charge in [-0.05, 0) is 43.2 Å². The Balaban J connectivity index is 1.62. The summed E-state index contributed by atoms with van der Waals surface area (Å²) < 4.78 is 6.56. The molecule has 0 aliphatic heterocycles. The normalized spacial score (nSPS) is 10.5.